The lowest BCUT2D eigenvalue weighted by molar-refractivity contribution is 0.0837. The standard InChI is InChI=1S/C17H17N3OS/c1-3-14-11-13(7-8-18-14)16-19-12(2)15(22-16)17(21)20-9-5-4-6-10-20/h4-9,11H,3,10H2,1-2H3. The number of aromatic nitrogens is 2. The first kappa shape index (κ1) is 14.7. The van der Waals surface area contributed by atoms with E-state index in [0.717, 1.165) is 28.4 Å². The number of thiazole rings is 1. The van der Waals surface area contributed by atoms with Crippen molar-refractivity contribution in [2.45, 2.75) is 20.3 Å². The lowest BCUT2D eigenvalue weighted by Gasteiger charge is -2.17. The van der Waals surface area contributed by atoms with Gasteiger partial charge in [-0.15, -0.1) is 11.3 Å². The molecular weight excluding hydrogens is 294 g/mol. The van der Waals surface area contributed by atoms with Gasteiger partial charge in [0, 0.05) is 30.2 Å². The van der Waals surface area contributed by atoms with Crippen molar-refractivity contribution in [3.63, 3.8) is 0 Å². The van der Waals surface area contributed by atoms with Gasteiger partial charge in [0.1, 0.15) is 9.88 Å². The Labute approximate surface area is 133 Å². The Hall–Kier alpha value is -2.27. The van der Waals surface area contributed by atoms with E-state index in [-0.39, 0.29) is 5.91 Å². The minimum atomic E-state index is 0.00613. The van der Waals surface area contributed by atoms with Crippen LogP contribution in [0.15, 0.2) is 42.8 Å². The number of nitrogens with zero attached hydrogens (tertiary/aromatic N) is 3. The van der Waals surface area contributed by atoms with Gasteiger partial charge in [0.2, 0.25) is 0 Å². The molecule has 2 aromatic rings. The summed E-state index contributed by atoms with van der Waals surface area (Å²) < 4.78 is 0. The fourth-order valence-electron chi connectivity index (χ4n) is 2.27. The van der Waals surface area contributed by atoms with Crippen LogP contribution in [0, 0.1) is 6.92 Å². The zero-order valence-electron chi connectivity index (χ0n) is 12.6. The summed E-state index contributed by atoms with van der Waals surface area (Å²) in [6.45, 7) is 4.57. The Kier molecular flexibility index (Phi) is 4.15. The van der Waals surface area contributed by atoms with E-state index >= 15 is 0 Å². The van der Waals surface area contributed by atoms with Gasteiger partial charge < -0.3 is 4.90 Å². The van der Waals surface area contributed by atoms with Crippen LogP contribution in [0.4, 0.5) is 0 Å². The molecule has 5 heteroatoms. The second kappa shape index (κ2) is 6.23. The minimum absolute atomic E-state index is 0.00613. The zero-order valence-corrected chi connectivity index (χ0v) is 13.4. The van der Waals surface area contributed by atoms with Crippen molar-refractivity contribution in [1.82, 2.24) is 14.9 Å². The topological polar surface area (TPSA) is 46.1 Å². The molecule has 0 radical (unpaired) electrons. The van der Waals surface area contributed by atoms with Crippen LogP contribution >= 0.6 is 11.3 Å². The largest absolute Gasteiger partial charge is 0.310 e. The third-order valence-electron chi connectivity index (χ3n) is 3.49. The fraction of sp³-hybridized carbons (Fsp3) is 0.235. The van der Waals surface area contributed by atoms with Crippen LogP contribution in [0.2, 0.25) is 0 Å². The summed E-state index contributed by atoms with van der Waals surface area (Å²) in [5, 5.41) is 0.870. The number of hydrogen-bond acceptors (Lipinski definition) is 4. The van der Waals surface area contributed by atoms with Gasteiger partial charge in [0.05, 0.1) is 5.69 Å². The molecule has 0 saturated heterocycles. The Morgan fingerprint density at radius 1 is 1.41 bits per heavy atom. The van der Waals surface area contributed by atoms with Crippen molar-refractivity contribution in [3.8, 4) is 10.6 Å². The van der Waals surface area contributed by atoms with Gasteiger partial charge in [-0.2, -0.15) is 0 Å². The maximum absolute atomic E-state index is 12.6. The molecule has 1 amide bonds. The normalized spacial score (nSPS) is 13.6. The van der Waals surface area contributed by atoms with Crippen LogP contribution in [0.25, 0.3) is 10.6 Å². The molecule has 0 bridgehead atoms. The van der Waals surface area contributed by atoms with Gasteiger partial charge in [-0.05, 0) is 31.6 Å². The van der Waals surface area contributed by atoms with Crippen LogP contribution in [-0.4, -0.2) is 27.3 Å². The Bertz CT molecular complexity index is 761. The predicted molar refractivity (Wildman–Crippen MR) is 88.8 cm³/mol. The maximum atomic E-state index is 12.6. The molecule has 0 N–H and O–H groups in total. The Morgan fingerprint density at radius 3 is 3.00 bits per heavy atom. The number of carbonyl (C=O) groups excluding carboxylic acids is 1. The SMILES string of the molecule is CCc1cc(-c2nc(C)c(C(=O)N3C=CC=CC3)s2)ccn1. The minimum Gasteiger partial charge on any atom is -0.310 e. The van der Waals surface area contributed by atoms with Crippen molar-refractivity contribution >= 4 is 17.2 Å². The van der Waals surface area contributed by atoms with Crippen molar-refractivity contribution in [2.24, 2.45) is 0 Å². The summed E-state index contributed by atoms with van der Waals surface area (Å²) >= 11 is 1.45. The fourth-order valence-corrected chi connectivity index (χ4v) is 3.29. The van der Waals surface area contributed by atoms with Crippen LogP contribution < -0.4 is 0 Å². The molecule has 112 valence electrons. The highest BCUT2D eigenvalue weighted by molar-refractivity contribution is 7.17. The van der Waals surface area contributed by atoms with Gasteiger partial charge in [-0.3, -0.25) is 9.78 Å². The number of rotatable bonds is 3. The van der Waals surface area contributed by atoms with E-state index in [1.807, 2.05) is 43.5 Å². The number of pyridine rings is 1. The van der Waals surface area contributed by atoms with Gasteiger partial charge in [0.15, 0.2) is 0 Å². The number of hydrogen-bond donors (Lipinski definition) is 0. The number of aryl methyl sites for hydroxylation is 2. The molecular formula is C17H17N3OS. The van der Waals surface area contributed by atoms with Crippen LogP contribution in [0.3, 0.4) is 0 Å². The second-order valence-electron chi connectivity index (χ2n) is 5.05. The van der Waals surface area contributed by atoms with Crippen molar-refractivity contribution in [1.29, 1.82) is 0 Å². The second-order valence-corrected chi connectivity index (χ2v) is 6.05. The summed E-state index contributed by atoms with van der Waals surface area (Å²) in [6, 6.07) is 3.98. The van der Waals surface area contributed by atoms with Gasteiger partial charge >= 0.3 is 0 Å². The molecule has 0 fully saturated rings. The first-order valence-corrected chi connectivity index (χ1v) is 8.07. The maximum Gasteiger partial charge on any atom is 0.270 e. The zero-order chi connectivity index (χ0) is 15.5. The molecule has 0 unspecified atom stereocenters. The van der Waals surface area contributed by atoms with Crippen LogP contribution in [0.1, 0.15) is 28.0 Å². The molecule has 0 atom stereocenters. The van der Waals surface area contributed by atoms with Gasteiger partial charge in [-0.1, -0.05) is 19.1 Å². The van der Waals surface area contributed by atoms with E-state index in [2.05, 4.69) is 16.9 Å². The average Bonchev–Trinajstić information content (AvgIpc) is 2.97. The number of allylic oxidation sites excluding steroid dienone is 2. The quantitative estimate of drug-likeness (QED) is 0.870. The van der Waals surface area contributed by atoms with E-state index in [4.69, 9.17) is 0 Å². The van der Waals surface area contributed by atoms with Crippen molar-refractivity contribution in [3.05, 3.63) is 59.0 Å². The number of amides is 1. The molecule has 0 spiro atoms. The monoisotopic (exact) mass is 311 g/mol. The molecule has 1 aliphatic heterocycles. The van der Waals surface area contributed by atoms with E-state index in [0.29, 0.717) is 11.4 Å². The van der Waals surface area contributed by atoms with E-state index in [1.54, 1.807) is 11.1 Å². The first-order valence-electron chi connectivity index (χ1n) is 7.26. The molecule has 2 aromatic heterocycles. The molecule has 1 aliphatic rings. The molecule has 0 aromatic carbocycles. The third kappa shape index (κ3) is 2.85. The Morgan fingerprint density at radius 2 is 2.27 bits per heavy atom. The summed E-state index contributed by atoms with van der Waals surface area (Å²) in [7, 11) is 0. The third-order valence-corrected chi connectivity index (χ3v) is 4.69. The van der Waals surface area contributed by atoms with Crippen molar-refractivity contribution in [2.75, 3.05) is 6.54 Å². The van der Waals surface area contributed by atoms with Gasteiger partial charge in [0.25, 0.3) is 5.91 Å². The Balaban J connectivity index is 1.91. The molecule has 0 aliphatic carbocycles. The summed E-state index contributed by atoms with van der Waals surface area (Å²) in [5.74, 6) is 0.00613. The lowest BCUT2D eigenvalue weighted by atomic mass is 10.2. The molecule has 4 nitrogen and oxygen atoms in total. The van der Waals surface area contributed by atoms with Gasteiger partial charge in [-0.25, -0.2) is 4.98 Å². The highest BCUT2D eigenvalue weighted by Gasteiger charge is 2.20. The summed E-state index contributed by atoms with van der Waals surface area (Å²) in [6.07, 6.45) is 10.3. The van der Waals surface area contributed by atoms with Crippen LogP contribution in [0.5, 0.6) is 0 Å². The highest BCUT2D eigenvalue weighted by atomic mass is 32.1. The molecule has 3 rings (SSSR count). The van der Waals surface area contributed by atoms with Crippen LogP contribution in [-0.2, 0) is 6.42 Å². The predicted octanol–water partition coefficient (Wildman–Crippen LogP) is 3.60. The van der Waals surface area contributed by atoms with Crippen molar-refractivity contribution < 1.29 is 4.79 Å². The highest BCUT2D eigenvalue weighted by Crippen LogP contribution is 2.29. The van der Waals surface area contributed by atoms with E-state index < -0.39 is 0 Å². The van der Waals surface area contributed by atoms with E-state index in [9.17, 15) is 4.79 Å². The molecule has 3 heterocycles. The molecule has 22 heavy (non-hydrogen) atoms. The smallest absolute Gasteiger partial charge is 0.270 e. The summed E-state index contributed by atoms with van der Waals surface area (Å²) in [5.41, 5.74) is 2.83. The average molecular weight is 311 g/mol. The summed E-state index contributed by atoms with van der Waals surface area (Å²) in [4.78, 5) is 23.9. The van der Waals surface area contributed by atoms with E-state index in [1.165, 1.54) is 11.3 Å². The lowest BCUT2D eigenvalue weighted by Crippen LogP contribution is -2.26. The first-order chi connectivity index (χ1) is 10.7. The number of carbonyl (C=O) groups is 1. The molecule has 0 saturated carbocycles.